The minimum atomic E-state index is -1.78. The summed E-state index contributed by atoms with van der Waals surface area (Å²) in [5.41, 5.74) is -2.56. The highest BCUT2D eigenvalue weighted by molar-refractivity contribution is 6.01. The number of ether oxygens (including phenoxy) is 2. The highest BCUT2D eigenvalue weighted by Crippen LogP contribution is 2.67. The van der Waals surface area contributed by atoms with Crippen LogP contribution >= 0.6 is 0 Å². The molecule has 1 saturated heterocycles. The molecule has 0 unspecified atom stereocenters. The molecule has 4 fully saturated rings. The van der Waals surface area contributed by atoms with Crippen molar-refractivity contribution in [3.05, 3.63) is 23.8 Å². The van der Waals surface area contributed by atoms with E-state index in [0.717, 1.165) is 12.0 Å². The predicted octanol–water partition coefficient (Wildman–Crippen LogP) is 3.05. The fraction of sp³-hybridized carbons (Fsp3) is 0.743. The highest BCUT2D eigenvalue weighted by Gasteiger charge is 2.68. The van der Waals surface area contributed by atoms with Gasteiger partial charge in [-0.25, -0.2) is 0 Å². The van der Waals surface area contributed by atoms with Gasteiger partial charge in [0.2, 0.25) is 11.7 Å². The third-order valence-electron chi connectivity index (χ3n) is 12.1. The van der Waals surface area contributed by atoms with Crippen molar-refractivity contribution in [2.24, 2.45) is 34.5 Å². The Bertz CT molecular complexity index is 1340. The van der Waals surface area contributed by atoms with Crippen LogP contribution in [0.3, 0.4) is 0 Å². The van der Waals surface area contributed by atoms with Crippen LogP contribution in [0.15, 0.2) is 23.8 Å². The largest absolute Gasteiger partial charge is 0.481 e. The molecule has 1 aliphatic heterocycles. The van der Waals surface area contributed by atoms with Crippen LogP contribution in [0.25, 0.3) is 0 Å². The van der Waals surface area contributed by atoms with E-state index < -0.39 is 64.4 Å². The number of carboxylic acids is 1. The van der Waals surface area contributed by atoms with Crippen molar-refractivity contribution in [3.63, 3.8) is 0 Å². The Balaban J connectivity index is 1.16. The zero-order valence-corrected chi connectivity index (χ0v) is 27.4. The number of allylic oxidation sites excluding steroid dienone is 4. The third kappa shape index (κ3) is 6.34. The van der Waals surface area contributed by atoms with Gasteiger partial charge in [-0.1, -0.05) is 25.5 Å². The Hall–Kier alpha value is -2.89. The van der Waals surface area contributed by atoms with Crippen LogP contribution in [-0.2, 0) is 33.4 Å². The van der Waals surface area contributed by atoms with E-state index in [4.69, 9.17) is 9.47 Å². The number of aliphatic carboxylic acids is 1. The molecule has 254 valence electrons. The van der Waals surface area contributed by atoms with Crippen molar-refractivity contribution in [3.8, 4) is 0 Å². The van der Waals surface area contributed by atoms with E-state index in [0.29, 0.717) is 32.3 Å². The van der Waals surface area contributed by atoms with Crippen LogP contribution in [0.4, 0.5) is 0 Å². The summed E-state index contributed by atoms with van der Waals surface area (Å²) in [6.07, 6.45) is 7.28. The first-order valence-corrected chi connectivity index (χ1v) is 16.7. The molecule has 5 aliphatic rings. The van der Waals surface area contributed by atoms with Crippen LogP contribution in [0, 0.1) is 34.5 Å². The van der Waals surface area contributed by atoms with Gasteiger partial charge in [-0.05, 0) is 88.7 Å². The third-order valence-corrected chi connectivity index (χ3v) is 12.1. The van der Waals surface area contributed by atoms with Crippen molar-refractivity contribution < 1.29 is 48.8 Å². The molecule has 46 heavy (non-hydrogen) atoms. The number of aliphatic hydroxyl groups is 2. The average molecular weight is 644 g/mol. The van der Waals surface area contributed by atoms with Gasteiger partial charge in [-0.15, -0.1) is 0 Å². The number of hydrogen-bond acceptors (Lipinski definition) is 9. The summed E-state index contributed by atoms with van der Waals surface area (Å²) in [7, 11) is 0. The number of Topliss-reactive ketones (excluding diaryl/α,β-unsaturated/α-hetero) is 1. The van der Waals surface area contributed by atoms with Crippen LogP contribution in [0.2, 0.25) is 0 Å². The SMILES string of the molecule is CC1(C)C[C@H]([C@H](CC(=O)O)NC(=O)CCC(=O)OCC(=O)[C@@]2(O)CC[C@@H]3[C@@H]4CCC5=CC(=O)C=C[C@]5(C)[C@H]4[C@@H](O)C[C@@]32C)CCO1. The fourth-order valence-corrected chi connectivity index (χ4v) is 9.77. The van der Waals surface area contributed by atoms with Gasteiger partial charge in [0.15, 0.2) is 12.4 Å². The molecule has 1 heterocycles. The van der Waals surface area contributed by atoms with E-state index in [-0.39, 0.29) is 61.6 Å². The lowest BCUT2D eigenvalue weighted by Crippen LogP contribution is -2.61. The van der Waals surface area contributed by atoms with Crippen molar-refractivity contribution in [1.29, 1.82) is 0 Å². The monoisotopic (exact) mass is 643 g/mol. The van der Waals surface area contributed by atoms with Crippen molar-refractivity contribution in [1.82, 2.24) is 5.32 Å². The number of amides is 1. The maximum atomic E-state index is 13.5. The number of rotatable bonds is 10. The van der Waals surface area contributed by atoms with Crippen LogP contribution in [0.5, 0.6) is 0 Å². The van der Waals surface area contributed by atoms with Gasteiger partial charge in [-0.2, -0.15) is 0 Å². The van der Waals surface area contributed by atoms with E-state index in [2.05, 4.69) is 12.2 Å². The summed E-state index contributed by atoms with van der Waals surface area (Å²) in [5, 5.41) is 35.6. The second-order valence-electron chi connectivity index (χ2n) is 15.3. The highest BCUT2D eigenvalue weighted by atomic mass is 16.5. The van der Waals surface area contributed by atoms with Crippen LogP contribution in [-0.4, -0.2) is 81.3 Å². The molecule has 0 radical (unpaired) electrons. The summed E-state index contributed by atoms with van der Waals surface area (Å²) < 4.78 is 11.0. The Morgan fingerprint density at radius 2 is 1.83 bits per heavy atom. The number of carbonyl (C=O) groups excluding carboxylic acids is 4. The average Bonchev–Trinajstić information content (AvgIpc) is 3.24. The summed E-state index contributed by atoms with van der Waals surface area (Å²) in [6, 6.07) is -0.604. The number of esters is 1. The molecular formula is C35H49NO10. The van der Waals surface area contributed by atoms with E-state index in [1.165, 1.54) is 0 Å². The molecule has 11 nitrogen and oxygen atoms in total. The second-order valence-corrected chi connectivity index (χ2v) is 15.3. The molecule has 0 bridgehead atoms. The van der Waals surface area contributed by atoms with Crippen molar-refractivity contribution in [2.75, 3.05) is 13.2 Å². The molecule has 4 N–H and O–H groups in total. The normalized spacial score (nSPS) is 38.4. The van der Waals surface area contributed by atoms with Crippen LogP contribution in [0.1, 0.15) is 91.9 Å². The standard InChI is InChI=1S/C35H49NO10/c1-32(2)17-20(11-14-46-32)25(16-29(41)42)36-28(40)7-8-30(43)45-19-27(39)35(44)13-10-24-23-6-5-21-15-22(37)9-12-33(21,3)31(23)26(38)18-34(24,35)4/h9,12,15,20,23-26,31,38,44H,5-8,10-11,13-14,16-19H2,1-4H3,(H,36,40)(H,41,42)/t20-,23+,24-,25+,26+,31-,33+,34+,35+/m1/s1. The fourth-order valence-electron chi connectivity index (χ4n) is 9.77. The van der Waals surface area contributed by atoms with Gasteiger partial charge in [0.05, 0.1) is 24.5 Å². The number of ketones is 2. The first-order valence-electron chi connectivity index (χ1n) is 16.7. The summed E-state index contributed by atoms with van der Waals surface area (Å²) in [6.45, 7) is 7.59. The van der Waals surface area contributed by atoms with Gasteiger partial charge < -0.3 is 30.1 Å². The quantitative estimate of drug-likeness (QED) is 0.259. The second kappa shape index (κ2) is 12.6. The molecule has 4 aliphatic carbocycles. The molecule has 0 spiro atoms. The van der Waals surface area contributed by atoms with Crippen LogP contribution < -0.4 is 5.32 Å². The van der Waals surface area contributed by atoms with Gasteiger partial charge >= 0.3 is 11.9 Å². The first-order chi connectivity index (χ1) is 21.5. The topological polar surface area (TPSA) is 177 Å². The molecule has 5 rings (SSSR count). The van der Waals surface area contributed by atoms with Crippen molar-refractivity contribution in [2.45, 2.75) is 115 Å². The Kier molecular flexibility index (Phi) is 9.45. The molecule has 3 saturated carbocycles. The molecule has 11 heteroatoms. The minimum absolute atomic E-state index is 0.0290. The Morgan fingerprint density at radius 1 is 1.09 bits per heavy atom. The number of fused-ring (bicyclic) bond motifs is 5. The van der Waals surface area contributed by atoms with E-state index in [1.54, 1.807) is 12.2 Å². The van der Waals surface area contributed by atoms with E-state index in [9.17, 15) is 39.3 Å². The van der Waals surface area contributed by atoms with Gasteiger partial charge in [0.1, 0.15) is 5.60 Å². The molecule has 9 atom stereocenters. The Morgan fingerprint density at radius 3 is 2.52 bits per heavy atom. The van der Waals surface area contributed by atoms with E-state index in [1.807, 2.05) is 26.8 Å². The molecule has 0 aromatic carbocycles. The smallest absolute Gasteiger partial charge is 0.306 e. The lowest BCUT2D eigenvalue weighted by molar-refractivity contribution is -0.181. The van der Waals surface area contributed by atoms with E-state index >= 15 is 0 Å². The molecule has 0 aromatic heterocycles. The maximum absolute atomic E-state index is 13.5. The predicted molar refractivity (Wildman–Crippen MR) is 165 cm³/mol. The summed E-state index contributed by atoms with van der Waals surface area (Å²) in [5.74, 6) is -3.14. The van der Waals surface area contributed by atoms with Gasteiger partial charge in [0, 0.05) is 35.8 Å². The number of hydrogen-bond donors (Lipinski definition) is 4. The van der Waals surface area contributed by atoms with Gasteiger partial charge in [-0.3, -0.25) is 24.0 Å². The zero-order valence-electron chi connectivity index (χ0n) is 27.4. The first kappa shape index (κ1) is 34.4. The summed E-state index contributed by atoms with van der Waals surface area (Å²) >= 11 is 0. The lowest BCUT2D eigenvalue weighted by Gasteiger charge is -2.59. The summed E-state index contributed by atoms with van der Waals surface area (Å²) in [4.78, 5) is 62.4. The molecule has 0 aromatic rings. The number of nitrogens with one attached hydrogen (secondary N) is 1. The molecular weight excluding hydrogens is 594 g/mol. The minimum Gasteiger partial charge on any atom is -0.481 e. The lowest BCUT2D eigenvalue weighted by atomic mass is 9.46. The number of carbonyl (C=O) groups is 5. The molecule has 1 amide bonds. The number of aliphatic hydroxyl groups excluding tert-OH is 1. The van der Waals surface area contributed by atoms with Crippen molar-refractivity contribution >= 4 is 29.4 Å². The van der Waals surface area contributed by atoms with Gasteiger partial charge in [0.25, 0.3) is 0 Å². The number of carboxylic acid groups (broad SMARTS) is 1. The Labute approximate surface area is 270 Å². The maximum Gasteiger partial charge on any atom is 0.306 e. The zero-order chi connectivity index (χ0) is 33.7.